The van der Waals surface area contributed by atoms with Gasteiger partial charge in [-0.2, -0.15) is 0 Å². The minimum absolute atomic E-state index is 0.230. The van der Waals surface area contributed by atoms with Gasteiger partial charge in [0, 0.05) is 18.7 Å². The average Bonchev–Trinajstić information content (AvgIpc) is 2.33. The van der Waals surface area contributed by atoms with Gasteiger partial charge in [0.05, 0.1) is 12.8 Å². The van der Waals surface area contributed by atoms with E-state index in [0.29, 0.717) is 17.5 Å². The SMILES string of the molecule is COc1ccc(F)c(NC2CCCNC2)c1. The third-order valence-electron chi connectivity index (χ3n) is 2.83. The van der Waals surface area contributed by atoms with Crippen molar-refractivity contribution in [2.45, 2.75) is 18.9 Å². The third kappa shape index (κ3) is 2.64. The van der Waals surface area contributed by atoms with E-state index in [2.05, 4.69) is 10.6 Å². The first-order valence-electron chi connectivity index (χ1n) is 5.60. The quantitative estimate of drug-likeness (QED) is 0.824. The van der Waals surface area contributed by atoms with Gasteiger partial charge in [-0.25, -0.2) is 4.39 Å². The summed E-state index contributed by atoms with van der Waals surface area (Å²) in [5, 5.41) is 6.49. The van der Waals surface area contributed by atoms with Crippen LogP contribution in [0.3, 0.4) is 0 Å². The minimum Gasteiger partial charge on any atom is -0.497 e. The summed E-state index contributed by atoms with van der Waals surface area (Å²) >= 11 is 0. The molecule has 1 aliphatic heterocycles. The molecule has 4 heteroatoms. The van der Waals surface area contributed by atoms with E-state index < -0.39 is 0 Å². The number of methoxy groups -OCH3 is 1. The molecule has 0 saturated carbocycles. The number of piperidine rings is 1. The lowest BCUT2D eigenvalue weighted by Crippen LogP contribution is -2.38. The lowest BCUT2D eigenvalue weighted by Gasteiger charge is -2.25. The molecule has 3 nitrogen and oxygen atoms in total. The van der Waals surface area contributed by atoms with Crippen LogP contribution in [0.15, 0.2) is 18.2 Å². The molecule has 1 aliphatic rings. The molecule has 0 amide bonds. The summed E-state index contributed by atoms with van der Waals surface area (Å²) in [5.41, 5.74) is 0.521. The van der Waals surface area contributed by atoms with E-state index in [1.54, 1.807) is 19.2 Å². The molecule has 0 aromatic heterocycles. The van der Waals surface area contributed by atoms with Crippen molar-refractivity contribution in [3.8, 4) is 5.75 Å². The highest BCUT2D eigenvalue weighted by Crippen LogP contribution is 2.22. The molecule has 1 fully saturated rings. The smallest absolute Gasteiger partial charge is 0.146 e. The Bertz CT molecular complexity index is 351. The van der Waals surface area contributed by atoms with Crippen LogP contribution in [-0.2, 0) is 0 Å². The second kappa shape index (κ2) is 5.16. The largest absolute Gasteiger partial charge is 0.497 e. The number of rotatable bonds is 3. The van der Waals surface area contributed by atoms with Crippen molar-refractivity contribution in [1.82, 2.24) is 5.32 Å². The fraction of sp³-hybridized carbons (Fsp3) is 0.500. The van der Waals surface area contributed by atoms with Gasteiger partial charge < -0.3 is 15.4 Å². The highest BCUT2D eigenvalue weighted by Gasteiger charge is 2.14. The maximum Gasteiger partial charge on any atom is 0.146 e. The van der Waals surface area contributed by atoms with E-state index in [-0.39, 0.29) is 5.82 Å². The van der Waals surface area contributed by atoms with Gasteiger partial charge in [0.25, 0.3) is 0 Å². The predicted molar refractivity (Wildman–Crippen MR) is 62.5 cm³/mol. The lowest BCUT2D eigenvalue weighted by molar-refractivity contribution is 0.413. The fourth-order valence-corrected chi connectivity index (χ4v) is 1.94. The molecule has 0 radical (unpaired) electrons. The molecule has 88 valence electrons. The number of benzene rings is 1. The third-order valence-corrected chi connectivity index (χ3v) is 2.83. The molecule has 16 heavy (non-hydrogen) atoms. The molecule has 2 N–H and O–H groups in total. The number of hydrogen-bond donors (Lipinski definition) is 2. The predicted octanol–water partition coefficient (Wildman–Crippen LogP) is 2.00. The first kappa shape index (κ1) is 11.2. The Morgan fingerprint density at radius 3 is 3.06 bits per heavy atom. The Kier molecular flexibility index (Phi) is 3.62. The van der Waals surface area contributed by atoms with Crippen LogP contribution in [0.25, 0.3) is 0 Å². The molecular weight excluding hydrogens is 207 g/mol. The summed E-state index contributed by atoms with van der Waals surface area (Å²) in [6.07, 6.45) is 2.20. The summed E-state index contributed by atoms with van der Waals surface area (Å²) < 4.78 is 18.6. The van der Waals surface area contributed by atoms with E-state index in [4.69, 9.17) is 4.74 Å². The van der Waals surface area contributed by atoms with Crippen molar-refractivity contribution >= 4 is 5.69 Å². The zero-order valence-electron chi connectivity index (χ0n) is 9.42. The van der Waals surface area contributed by atoms with Crippen LogP contribution in [0.4, 0.5) is 10.1 Å². The Labute approximate surface area is 95.0 Å². The summed E-state index contributed by atoms with van der Waals surface area (Å²) in [6.45, 7) is 1.94. The molecular formula is C12H17FN2O. The van der Waals surface area contributed by atoms with Crippen molar-refractivity contribution in [2.24, 2.45) is 0 Å². The summed E-state index contributed by atoms with van der Waals surface area (Å²) in [7, 11) is 1.58. The van der Waals surface area contributed by atoms with Gasteiger partial charge in [0.2, 0.25) is 0 Å². The number of anilines is 1. The Balaban J connectivity index is 2.06. The van der Waals surface area contributed by atoms with Gasteiger partial charge in [0.15, 0.2) is 0 Å². The Hall–Kier alpha value is -1.29. The highest BCUT2D eigenvalue weighted by atomic mass is 19.1. The van der Waals surface area contributed by atoms with Crippen LogP contribution in [0.1, 0.15) is 12.8 Å². The van der Waals surface area contributed by atoms with Crippen LogP contribution in [0, 0.1) is 5.82 Å². The summed E-state index contributed by atoms with van der Waals surface area (Å²) in [5.74, 6) is 0.444. The van der Waals surface area contributed by atoms with Crippen LogP contribution in [0.5, 0.6) is 5.75 Å². The molecule has 0 spiro atoms. The normalized spacial score (nSPS) is 20.5. The van der Waals surface area contributed by atoms with Gasteiger partial charge in [-0.15, -0.1) is 0 Å². The topological polar surface area (TPSA) is 33.3 Å². The van der Waals surface area contributed by atoms with E-state index in [1.807, 2.05) is 0 Å². The van der Waals surface area contributed by atoms with Crippen molar-refractivity contribution in [3.63, 3.8) is 0 Å². The fourth-order valence-electron chi connectivity index (χ4n) is 1.94. The first-order valence-corrected chi connectivity index (χ1v) is 5.60. The molecule has 0 bridgehead atoms. The Morgan fingerprint density at radius 2 is 2.38 bits per heavy atom. The van der Waals surface area contributed by atoms with Gasteiger partial charge in [0.1, 0.15) is 11.6 Å². The molecule has 1 aromatic rings. The summed E-state index contributed by atoms with van der Waals surface area (Å²) in [4.78, 5) is 0. The number of ether oxygens (including phenoxy) is 1. The molecule has 0 aliphatic carbocycles. The van der Waals surface area contributed by atoms with E-state index >= 15 is 0 Å². The van der Waals surface area contributed by atoms with Crippen molar-refractivity contribution in [1.29, 1.82) is 0 Å². The minimum atomic E-state index is -0.230. The van der Waals surface area contributed by atoms with Crippen LogP contribution >= 0.6 is 0 Å². The molecule has 1 atom stereocenters. The standard InChI is InChI=1S/C12H17FN2O/c1-16-10-4-5-11(13)12(7-10)15-9-3-2-6-14-8-9/h4-5,7,9,14-15H,2-3,6,8H2,1H3. The monoisotopic (exact) mass is 224 g/mol. The zero-order chi connectivity index (χ0) is 11.4. The molecule has 2 rings (SSSR count). The van der Waals surface area contributed by atoms with Crippen LogP contribution in [0.2, 0.25) is 0 Å². The van der Waals surface area contributed by atoms with Gasteiger partial charge in [-0.1, -0.05) is 0 Å². The first-order chi connectivity index (χ1) is 7.79. The number of hydrogen-bond acceptors (Lipinski definition) is 3. The maximum absolute atomic E-state index is 13.5. The molecule has 1 unspecified atom stereocenters. The molecule has 1 aromatic carbocycles. The number of halogens is 1. The zero-order valence-corrected chi connectivity index (χ0v) is 9.42. The van der Waals surface area contributed by atoms with Crippen LogP contribution in [-0.4, -0.2) is 26.2 Å². The Morgan fingerprint density at radius 1 is 1.50 bits per heavy atom. The second-order valence-corrected chi connectivity index (χ2v) is 4.03. The van der Waals surface area contributed by atoms with E-state index in [1.165, 1.54) is 6.07 Å². The van der Waals surface area contributed by atoms with Crippen molar-refractivity contribution in [2.75, 3.05) is 25.5 Å². The van der Waals surface area contributed by atoms with E-state index in [9.17, 15) is 4.39 Å². The average molecular weight is 224 g/mol. The van der Waals surface area contributed by atoms with Gasteiger partial charge >= 0.3 is 0 Å². The van der Waals surface area contributed by atoms with Crippen molar-refractivity contribution < 1.29 is 9.13 Å². The summed E-state index contributed by atoms with van der Waals surface area (Å²) in [6, 6.07) is 5.05. The van der Waals surface area contributed by atoms with Gasteiger partial charge in [-0.05, 0) is 31.5 Å². The number of nitrogens with one attached hydrogen (secondary N) is 2. The van der Waals surface area contributed by atoms with E-state index in [0.717, 1.165) is 25.9 Å². The van der Waals surface area contributed by atoms with Gasteiger partial charge in [-0.3, -0.25) is 0 Å². The second-order valence-electron chi connectivity index (χ2n) is 4.03. The molecule has 1 heterocycles. The maximum atomic E-state index is 13.5. The molecule has 1 saturated heterocycles. The van der Waals surface area contributed by atoms with Crippen LogP contribution < -0.4 is 15.4 Å². The van der Waals surface area contributed by atoms with Crippen molar-refractivity contribution in [3.05, 3.63) is 24.0 Å². The highest BCUT2D eigenvalue weighted by molar-refractivity contribution is 5.50. The lowest BCUT2D eigenvalue weighted by atomic mass is 10.1.